The minimum Gasteiger partial charge on any atom is -0.466 e. The van der Waals surface area contributed by atoms with Gasteiger partial charge in [0.05, 0.1) is 19.1 Å². The van der Waals surface area contributed by atoms with Crippen LogP contribution in [0, 0.1) is 5.92 Å². The van der Waals surface area contributed by atoms with Gasteiger partial charge < -0.3 is 15.8 Å². The molecule has 3 atom stereocenters. The Morgan fingerprint density at radius 2 is 2.04 bits per heavy atom. The molecule has 1 aromatic rings. The van der Waals surface area contributed by atoms with E-state index in [1.54, 1.807) is 6.92 Å². The van der Waals surface area contributed by atoms with E-state index in [-0.39, 0.29) is 36.3 Å². The Hall–Kier alpha value is -1.40. The van der Waals surface area contributed by atoms with Crippen LogP contribution >= 0.6 is 15.9 Å². The van der Waals surface area contributed by atoms with Gasteiger partial charge in [-0.1, -0.05) is 34.5 Å². The Balaban J connectivity index is 2.02. The van der Waals surface area contributed by atoms with Crippen molar-refractivity contribution in [2.45, 2.75) is 51.1 Å². The number of rotatable bonds is 7. The van der Waals surface area contributed by atoms with Gasteiger partial charge in [0.2, 0.25) is 5.91 Å². The van der Waals surface area contributed by atoms with Crippen molar-refractivity contribution in [3.8, 4) is 0 Å². The third-order valence-electron chi connectivity index (χ3n) is 4.45. The Labute approximate surface area is 151 Å². The molecule has 6 heteroatoms. The van der Waals surface area contributed by atoms with E-state index in [2.05, 4.69) is 21.2 Å². The molecule has 1 amide bonds. The van der Waals surface area contributed by atoms with Crippen LogP contribution in [0.4, 0.5) is 0 Å². The quantitative estimate of drug-likeness (QED) is 0.693. The van der Waals surface area contributed by atoms with Gasteiger partial charge in [0.15, 0.2) is 0 Å². The lowest BCUT2D eigenvalue weighted by Crippen LogP contribution is -2.34. The zero-order valence-corrected chi connectivity index (χ0v) is 15.6. The molecule has 1 fully saturated rings. The summed E-state index contributed by atoms with van der Waals surface area (Å²) in [4.78, 5) is 24.3. The minimum atomic E-state index is -0.387. The molecule has 0 bridgehead atoms. The van der Waals surface area contributed by atoms with Crippen molar-refractivity contribution < 1.29 is 14.3 Å². The molecule has 5 nitrogen and oxygen atoms in total. The van der Waals surface area contributed by atoms with Crippen molar-refractivity contribution in [3.05, 3.63) is 34.3 Å². The Morgan fingerprint density at radius 3 is 2.62 bits per heavy atom. The largest absolute Gasteiger partial charge is 0.466 e. The number of nitrogens with two attached hydrogens (primary N) is 1. The molecule has 3 N–H and O–H groups in total. The Morgan fingerprint density at radius 1 is 1.33 bits per heavy atom. The Bertz CT molecular complexity index is 562. The molecule has 0 saturated heterocycles. The second kappa shape index (κ2) is 9.18. The lowest BCUT2D eigenvalue weighted by atomic mass is 9.98. The SMILES string of the molecule is CCOC(=O)CC(NC(=O)C[C@@H]1CCC[C@H]1N)c1ccc(Br)cc1. The molecular formula is C18H25BrN2O3. The van der Waals surface area contributed by atoms with Crippen molar-refractivity contribution >= 4 is 27.8 Å². The van der Waals surface area contributed by atoms with Crippen LogP contribution in [0.3, 0.4) is 0 Å². The van der Waals surface area contributed by atoms with Crippen LogP contribution in [-0.4, -0.2) is 24.5 Å². The van der Waals surface area contributed by atoms with Crippen molar-refractivity contribution in [1.82, 2.24) is 5.32 Å². The first-order valence-electron chi connectivity index (χ1n) is 8.45. The second-order valence-electron chi connectivity index (χ2n) is 6.24. The summed E-state index contributed by atoms with van der Waals surface area (Å²) >= 11 is 3.39. The lowest BCUT2D eigenvalue weighted by Gasteiger charge is -2.21. The van der Waals surface area contributed by atoms with Crippen LogP contribution in [-0.2, 0) is 14.3 Å². The normalized spacial score (nSPS) is 21.3. The fraction of sp³-hybridized carbons (Fsp3) is 0.556. The highest BCUT2D eigenvalue weighted by molar-refractivity contribution is 9.10. The van der Waals surface area contributed by atoms with Gasteiger partial charge in [0, 0.05) is 16.9 Å². The van der Waals surface area contributed by atoms with Crippen molar-refractivity contribution in [1.29, 1.82) is 0 Å². The molecule has 1 saturated carbocycles. The third kappa shape index (κ3) is 5.60. The molecule has 0 heterocycles. The van der Waals surface area contributed by atoms with Crippen LogP contribution in [0.25, 0.3) is 0 Å². The average Bonchev–Trinajstić information content (AvgIpc) is 2.92. The van der Waals surface area contributed by atoms with E-state index in [0.29, 0.717) is 13.0 Å². The molecular weight excluding hydrogens is 372 g/mol. The predicted molar refractivity (Wildman–Crippen MR) is 96.2 cm³/mol. The summed E-state index contributed by atoms with van der Waals surface area (Å²) in [5.74, 6) is -0.143. The zero-order valence-electron chi connectivity index (χ0n) is 14.0. The van der Waals surface area contributed by atoms with Gasteiger partial charge in [-0.25, -0.2) is 0 Å². The summed E-state index contributed by atoms with van der Waals surface area (Å²) in [7, 11) is 0. The molecule has 0 radical (unpaired) electrons. The number of carbonyl (C=O) groups is 2. The molecule has 0 aliphatic heterocycles. The van der Waals surface area contributed by atoms with E-state index < -0.39 is 0 Å². The molecule has 1 aromatic carbocycles. The van der Waals surface area contributed by atoms with Gasteiger partial charge in [0.1, 0.15) is 0 Å². The number of carbonyl (C=O) groups excluding carboxylic acids is 2. The highest BCUT2D eigenvalue weighted by atomic mass is 79.9. The summed E-state index contributed by atoms with van der Waals surface area (Å²) in [5, 5.41) is 2.98. The minimum absolute atomic E-state index is 0.0606. The number of ether oxygens (including phenoxy) is 1. The number of hydrogen-bond donors (Lipinski definition) is 2. The van der Waals surface area contributed by atoms with Crippen molar-refractivity contribution in [2.75, 3.05) is 6.61 Å². The van der Waals surface area contributed by atoms with Crippen LogP contribution in [0.5, 0.6) is 0 Å². The summed E-state index contributed by atoms with van der Waals surface area (Å²) < 4.78 is 5.98. The number of hydrogen-bond acceptors (Lipinski definition) is 4. The van der Waals surface area contributed by atoms with Crippen LogP contribution in [0.2, 0.25) is 0 Å². The number of benzene rings is 1. The van der Waals surface area contributed by atoms with Crippen molar-refractivity contribution in [3.63, 3.8) is 0 Å². The smallest absolute Gasteiger partial charge is 0.308 e. The highest BCUT2D eigenvalue weighted by Gasteiger charge is 2.27. The summed E-state index contributed by atoms with van der Waals surface area (Å²) in [6, 6.07) is 7.30. The van der Waals surface area contributed by atoms with E-state index in [4.69, 9.17) is 10.5 Å². The zero-order chi connectivity index (χ0) is 17.5. The van der Waals surface area contributed by atoms with Gasteiger partial charge in [0.25, 0.3) is 0 Å². The molecule has 2 rings (SSSR count). The number of esters is 1. The average molecular weight is 397 g/mol. The molecule has 1 aliphatic rings. The molecule has 1 unspecified atom stereocenters. The van der Waals surface area contributed by atoms with E-state index in [9.17, 15) is 9.59 Å². The number of amides is 1. The van der Waals surface area contributed by atoms with Gasteiger partial charge >= 0.3 is 5.97 Å². The fourth-order valence-corrected chi connectivity index (χ4v) is 3.41. The molecule has 1 aliphatic carbocycles. The molecule has 24 heavy (non-hydrogen) atoms. The first-order valence-corrected chi connectivity index (χ1v) is 9.25. The van der Waals surface area contributed by atoms with Gasteiger partial charge in [-0.15, -0.1) is 0 Å². The standard InChI is InChI=1S/C18H25BrN2O3/c1-2-24-18(23)11-16(12-6-8-14(19)9-7-12)21-17(22)10-13-4-3-5-15(13)20/h6-9,13,15-16H,2-5,10-11,20H2,1H3,(H,21,22)/t13-,15+,16?/m0/s1. The fourth-order valence-electron chi connectivity index (χ4n) is 3.14. The van der Waals surface area contributed by atoms with E-state index in [1.807, 2.05) is 24.3 Å². The molecule has 0 aromatic heterocycles. The van der Waals surface area contributed by atoms with Gasteiger partial charge in [-0.05, 0) is 43.4 Å². The van der Waals surface area contributed by atoms with E-state index >= 15 is 0 Å². The monoisotopic (exact) mass is 396 g/mol. The highest BCUT2D eigenvalue weighted by Crippen LogP contribution is 2.27. The number of halogens is 1. The maximum Gasteiger partial charge on any atom is 0.308 e. The van der Waals surface area contributed by atoms with Crippen LogP contribution in [0.1, 0.15) is 50.6 Å². The van der Waals surface area contributed by atoms with E-state index in [0.717, 1.165) is 29.3 Å². The number of nitrogens with one attached hydrogen (secondary N) is 1. The first kappa shape index (κ1) is 18.9. The maximum atomic E-state index is 12.4. The van der Waals surface area contributed by atoms with Crippen LogP contribution in [0.15, 0.2) is 28.7 Å². The van der Waals surface area contributed by atoms with Gasteiger partial charge in [-0.2, -0.15) is 0 Å². The molecule has 0 spiro atoms. The first-order chi connectivity index (χ1) is 11.5. The summed E-state index contributed by atoms with van der Waals surface area (Å²) in [6.45, 7) is 2.10. The third-order valence-corrected chi connectivity index (χ3v) is 4.98. The van der Waals surface area contributed by atoms with E-state index in [1.165, 1.54) is 0 Å². The Kier molecular flexibility index (Phi) is 7.24. The maximum absolute atomic E-state index is 12.4. The lowest BCUT2D eigenvalue weighted by molar-refractivity contribution is -0.143. The predicted octanol–water partition coefficient (Wildman–Crippen LogP) is 3.08. The summed E-state index contributed by atoms with van der Waals surface area (Å²) in [5.41, 5.74) is 6.93. The van der Waals surface area contributed by atoms with Crippen LogP contribution < -0.4 is 11.1 Å². The topological polar surface area (TPSA) is 81.4 Å². The molecule has 132 valence electrons. The summed E-state index contributed by atoms with van der Waals surface area (Å²) in [6.07, 6.45) is 3.60. The van der Waals surface area contributed by atoms with Gasteiger partial charge in [-0.3, -0.25) is 9.59 Å². The second-order valence-corrected chi connectivity index (χ2v) is 7.16. The van der Waals surface area contributed by atoms with Crippen molar-refractivity contribution in [2.24, 2.45) is 11.7 Å².